The molecule has 3 N–H and O–H groups in total. The number of nitrogens with one attached hydrogen (secondary N) is 1. The van der Waals surface area contributed by atoms with Gasteiger partial charge in [0.15, 0.2) is 0 Å². The standard InChI is InChI=1S/C14H11N3O2S2/c15-13(18)19-14-16-11-7-6-10(8-12(11)17-14)21-20-9-4-2-1-3-5-9/h1-8H,(H2,15,18)(H,16,17). The highest BCUT2D eigenvalue weighted by Gasteiger charge is 2.07. The zero-order chi connectivity index (χ0) is 14.7. The third-order valence-electron chi connectivity index (χ3n) is 2.61. The Morgan fingerprint density at radius 2 is 1.86 bits per heavy atom. The molecule has 0 unspecified atom stereocenters. The number of hydrogen-bond acceptors (Lipinski definition) is 5. The van der Waals surface area contributed by atoms with Crippen LogP contribution in [0.3, 0.4) is 0 Å². The summed E-state index contributed by atoms with van der Waals surface area (Å²) in [5, 5.41) is 0. The van der Waals surface area contributed by atoms with Crippen LogP contribution in [0.5, 0.6) is 6.01 Å². The van der Waals surface area contributed by atoms with Gasteiger partial charge < -0.3 is 15.5 Å². The zero-order valence-electron chi connectivity index (χ0n) is 10.8. The Balaban J connectivity index is 1.76. The Labute approximate surface area is 128 Å². The average Bonchev–Trinajstić information content (AvgIpc) is 2.86. The number of carbonyl (C=O) groups is 1. The molecule has 0 atom stereocenters. The first kappa shape index (κ1) is 13.8. The summed E-state index contributed by atoms with van der Waals surface area (Å²) in [5.74, 6) is 0. The number of hydrogen-bond donors (Lipinski definition) is 2. The Hall–Kier alpha value is -2.12. The summed E-state index contributed by atoms with van der Waals surface area (Å²) in [6, 6.07) is 16.0. The van der Waals surface area contributed by atoms with E-state index in [1.807, 2.05) is 36.4 Å². The normalized spacial score (nSPS) is 10.7. The number of imidazole rings is 1. The lowest BCUT2D eigenvalue weighted by molar-refractivity contribution is 0.207. The molecule has 0 bridgehead atoms. The van der Waals surface area contributed by atoms with Crippen molar-refractivity contribution in [3.8, 4) is 6.01 Å². The van der Waals surface area contributed by atoms with E-state index in [-0.39, 0.29) is 6.01 Å². The molecule has 7 heteroatoms. The van der Waals surface area contributed by atoms with Gasteiger partial charge in [0, 0.05) is 9.79 Å². The summed E-state index contributed by atoms with van der Waals surface area (Å²) in [5.41, 5.74) is 6.48. The molecule has 0 aliphatic heterocycles. The van der Waals surface area contributed by atoms with Gasteiger partial charge in [-0.05, 0) is 30.3 Å². The zero-order valence-corrected chi connectivity index (χ0v) is 12.4. The predicted molar refractivity (Wildman–Crippen MR) is 84.5 cm³/mol. The predicted octanol–water partition coefficient (Wildman–Crippen LogP) is 3.82. The number of carbonyl (C=O) groups excluding carboxylic acids is 1. The van der Waals surface area contributed by atoms with Gasteiger partial charge in [0.1, 0.15) is 0 Å². The highest BCUT2D eigenvalue weighted by molar-refractivity contribution is 8.76. The van der Waals surface area contributed by atoms with Gasteiger partial charge in [-0.25, -0.2) is 4.79 Å². The van der Waals surface area contributed by atoms with E-state index in [1.54, 1.807) is 21.6 Å². The minimum atomic E-state index is -0.886. The molecule has 0 aliphatic rings. The third kappa shape index (κ3) is 3.50. The molecule has 1 heterocycles. The molecule has 1 amide bonds. The molecule has 0 radical (unpaired) electrons. The van der Waals surface area contributed by atoms with Crippen LogP contribution in [0.2, 0.25) is 0 Å². The molecule has 0 saturated carbocycles. The first-order chi connectivity index (χ1) is 10.2. The Morgan fingerprint density at radius 3 is 2.62 bits per heavy atom. The Kier molecular flexibility index (Phi) is 4.03. The lowest BCUT2D eigenvalue weighted by Crippen LogP contribution is -2.16. The summed E-state index contributed by atoms with van der Waals surface area (Å²) in [6.07, 6.45) is -0.886. The first-order valence-electron chi connectivity index (χ1n) is 6.07. The lowest BCUT2D eigenvalue weighted by Gasteiger charge is -2.00. The van der Waals surface area contributed by atoms with Gasteiger partial charge in [0.25, 0.3) is 0 Å². The topological polar surface area (TPSA) is 81.0 Å². The third-order valence-corrected chi connectivity index (χ3v) is 5.01. The highest BCUT2D eigenvalue weighted by atomic mass is 33.1. The molecule has 0 aliphatic carbocycles. The molecular formula is C14H11N3O2S2. The smallest absolute Gasteiger partial charge is 0.376 e. The number of amides is 1. The fraction of sp³-hybridized carbons (Fsp3) is 0. The molecule has 3 aromatic rings. The van der Waals surface area contributed by atoms with Crippen molar-refractivity contribution >= 4 is 38.7 Å². The summed E-state index contributed by atoms with van der Waals surface area (Å²) in [7, 11) is 3.32. The van der Waals surface area contributed by atoms with E-state index in [4.69, 9.17) is 10.5 Å². The Morgan fingerprint density at radius 1 is 1.10 bits per heavy atom. The van der Waals surface area contributed by atoms with Crippen LogP contribution < -0.4 is 10.5 Å². The van der Waals surface area contributed by atoms with Crippen molar-refractivity contribution in [3.63, 3.8) is 0 Å². The SMILES string of the molecule is NC(=O)Oc1nc2ccc(SSc3ccccc3)cc2[nH]1. The van der Waals surface area contributed by atoms with Crippen molar-refractivity contribution in [3.05, 3.63) is 48.5 Å². The van der Waals surface area contributed by atoms with Crippen LogP contribution in [0.4, 0.5) is 4.79 Å². The quantitative estimate of drug-likeness (QED) is 0.715. The van der Waals surface area contributed by atoms with E-state index >= 15 is 0 Å². The number of aromatic nitrogens is 2. The van der Waals surface area contributed by atoms with Crippen LogP contribution in [0.1, 0.15) is 0 Å². The number of benzene rings is 2. The van der Waals surface area contributed by atoms with Crippen LogP contribution in [0.25, 0.3) is 11.0 Å². The van der Waals surface area contributed by atoms with E-state index in [9.17, 15) is 4.79 Å². The van der Waals surface area contributed by atoms with Crippen LogP contribution in [-0.4, -0.2) is 16.1 Å². The van der Waals surface area contributed by atoms with Gasteiger partial charge in [0.05, 0.1) is 11.0 Å². The lowest BCUT2D eigenvalue weighted by atomic mass is 10.3. The van der Waals surface area contributed by atoms with Crippen molar-refractivity contribution in [1.82, 2.24) is 9.97 Å². The molecule has 5 nitrogen and oxygen atoms in total. The average molecular weight is 317 g/mol. The second kappa shape index (κ2) is 6.11. The van der Waals surface area contributed by atoms with E-state index < -0.39 is 6.09 Å². The first-order valence-corrected chi connectivity index (χ1v) is 8.22. The Bertz CT molecular complexity index is 774. The largest absolute Gasteiger partial charge is 0.412 e. The van der Waals surface area contributed by atoms with E-state index in [2.05, 4.69) is 22.1 Å². The number of H-pyrrole nitrogens is 1. The minimum Gasteiger partial charge on any atom is -0.376 e. The molecule has 21 heavy (non-hydrogen) atoms. The highest BCUT2D eigenvalue weighted by Crippen LogP contribution is 2.38. The summed E-state index contributed by atoms with van der Waals surface area (Å²) in [6.45, 7) is 0. The monoisotopic (exact) mass is 317 g/mol. The van der Waals surface area contributed by atoms with E-state index in [0.29, 0.717) is 0 Å². The second-order valence-corrected chi connectivity index (χ2v) is 6.40. The molecule has 1 aromatic heterocycles. The van der Waals surface area contributed by atoms with Gasteiger partial charge in [0.2, 0.25) is 0 Å². The van der Waals surface area contributed by atoms with Crippen LogP contribution >= 0.6 is 21.6 Å². The van der Waals surface area contributed by atoms with Gasteiger partial charge in [-0.1, -0.05) is 39.8 Å². The number of primary amides is 1. The van der Waals surface area contributed by atoms with Crippen LogP contribution in [0.15, 0.2) is 58.3 Å². The summed E-state index contributed by atoms with van der Waals surface area (Å²) in [4.78, 5) is 20.0. The van der Waals surface area contributed by atoms with Crippen LogP contribution in [0, 0.1) is 0 Å². The number of ether oxygens (including phenoxy) is 1. The number of aromatic amines is 1. The minimum absolute atomic E-state index is 0.107. The van der Waals surface area contributed by atoms with E-state index in [0.717, 1.165) is 15.9 Å². The van der Waals surface area contributed by atoms with Crippen molar-refractivity contribution in [2.24, 2.45) is 5.73 Å². The summed E-state index contributed by atoms with van der Waals surface area (Å²) < 4.78 is 4.73. The number of rotatable bonds is 4. The van der Waals surface area contributed by atoms with Crippen molar-refractivity contribution in [2.75, 3.05) is 0 Å². The van der Waals surface area contributed by atoms with Crippen molar-refractivity contribution in [1.29, 1.82) is 0 Å². The van der Waals surface area contributed by atoms with Gasteiger partial charge in [-0.3, -0.25) is 0 Å². The molecule has 106 valence electrons. The van der Waals surface area contributed by atoms with Crippen molar-refractivity contribution in [2.45, 2.75) is 9.79 Å². The molecule has 3 rings (SSSR count). The number of nitrogens with two attached hydrogens (primary N) is 1. The van der Waals surface area contributed by atoms with Gasteiger partial charge in [-0.2, -0.15) is 4.98 Å². The molecule has 0 saturated heterocycles. The molecular weight excluding hydrogens is 306 g/mol. The van der Waals surface area contributed by atoms with Gasteiger partial charge in [-0.15, -0.1) is 0 Å². The molecule has 0 fully saturated rings. The fourth-order valence-corrected chi connectivity index (χ4v) is 3.71. The number of fused-ring (bicyclic) bond motifs is 1. The van der Waals surface area contributed by atoms with Crippen LogP contribution in [-0.2, 0) is 0 Å². The number of nitrogens with zero attached hydrogens (tertiary/aromatic N) is 1. The maximum Gasteiger partial charge on any atom is 0.412 e. The summed E-state index contributed by atoms with van der Waals surface area (Å²) >= 11 is 0. The maximum atomic E-state index is 10.7. The fourth-order valence-electron chi connectivity index (χ4n) is 1.73. The maximum absolute atomic E-state index is 10.7. The van der Waals surface area contributed by atoms with Gasteiger partial charge >= 0.3 is 12.1 Å². The van der Waals surface area contributed by atoms with Crippen molar-refractivity contribution < 1.29 is 9.53 Å². The van der Waals surface area contributed by atoms with E-state index in [1.165, 1.54) is 4.90 Å². The molecule has 0 spiro atoms. The second-order valence-electron chi connectivity index (χ2n) is 4.12. The molecule has 2 aromatic carbocycles.